The Balaban J connectivity index is 1.89. The molecular formula is C23H23ClN2O3. The van der Waals surface area contributed by atoms with Gasteiger partial charge in [-0.25, -0.2) is 0 Å². The largest absolute Gasteiger partial charge is 0.454 e. The van der Waals surface area contributed by atoms with Crippen LogP contribution in [0.3, 0.4) is 0 Å². The third-order valence-electron chi connectivity index (χ3n) is 5.29. The fourth-order valence-electron chi connectivity index (χ4n) is 3.99. The number of rotatable bonds is 6. The van der Waals surface area contributed by atoms with Crippen molar-refractivity contribution >= 4 is 17.5 Å². The number of carbonyl (C=O) groups is 1. The zero-order valence-electron chi connectivity index (χ0n) is 16.5. The van der Waals surface area contributed by atoms with Crippen molar-refractivity contribution in [3.05, 3.63) is 70.0 Å². The van der Waals surface area contributed by atoms with Gasteiger partial charge in [-0.05, 0) is 37.1 Å². The summed E-state index contributed by atoms with van der Waals surface area (Å²) >= 11 is 6.50. The molecule has 2 heterocycles. The summed E-state index contributed by atoms with van der Waals surface area (Å²) in [6.07, 6.45) is 1.74. The second-order valence-corrected chi connectivity index (χ2v) is 7.56. The zero-order valence-corrected chi connectivity index (χ0v) is 17.3. The van der Waals surface area contributed by atoms with Crippen molar-refractivity contribution in [1.82, 2.24) is 4.57 Å². The summed E-state index contributed by atoms with van der Waals surface area (Å²) in [5.41, 5.74) is 11.0. The quantitative estimate of drug-likeness (QED) is 0.625. The number of aromatic nitrogens is 1. The van der Waals surface area contributed by atoms with Crippen LogP contribution in [0.1, 0.15) is 40.7 Å². The molecule has 150 valence electrons. The molecule has 0 saturated carbocycles. The molecule has 2 aromatic carbocycles. The van der Waals surface area contributed by atoms with Crippen LogP contribution in [-0.2, 0) is 13.0 Å². The Kier molecular flexibility index (Phi) is 5.24. The first-order valence-electron chi connectivity index (χ1n) is 9.66. The number of halogens is 1. The number of ether oxygens (including phenoxy) is 2. The van der Waals surface area contributed by atoms with Crippen LogP contribution in [0.2, 0.25) is 5.02 Å². The predicted octanol–water partition coefficient (Wildman–Crippen LogP) is 4.95. The summed E-state index contributed by atoms with van der Waals surface area (Å²) < 4.78 is 13.1. The van der Waals surface area contributed by atoms with Crippen LogP contribution < -0.4 is 15.2 Å². The van der Waals surface area contributed by atoms with Crippen LogP contribution in [-0.4, -0.2) is 17.3 Å². The van der Waals surface area contributed by atoms with Crippen molar-refractivity contribution in [2.75, 3.05) is 6.79 Å². The van der Waals surface area contributed by atoms with Gasteiger partial charge in [-0.15, -0.1) is 0 Å². The molecule has 29 heavy (non-hydrogen) atoms. The van der Waals surface area contributed by atoms with E-state index in [2.05, 4.69) is 11.5 Å². The fourth-order valence-corrected chi connectivity index (χ4v) is 4.22. The molecule has 5 nitrogen and oxygen atoms in total. The maximum absolute atomic E-state index is 12.4. The maximum Gasteiger partial charge on any atom is 0.251 e. The number of primary amides is 1. The standard InChI is InChI=1S/C23H23ClN2O3/c1-3-6-18-22(16-7-4-5-8-17(16)24)21(23(25)27)14(2)26(18)12-15-9-10-19-20(11-15)29-13-28-19/h4-5,7-11H,3,6,12-13H2,1-2H3,(H2,25,27). The van der Waals surface area contributed by atoms with E-state index in [-0.39, 0.29) is 6.79 Å². The fraction of sp³-hybridized carbons (Fsp3) is 0.261. The molecule has 2 N–H and O–H groups in total. The van der Waals surface area contributed by atoms with Crippen LogP contribution in [0.15, 0.2) is 42.5 Å². The lowest BCUT2D eigenvalue weighted by Gasteiger charge is -2.14. The molecule has 0 radical (unpaired) electrons. The van der Waals surface area contributed by atoms with Crippen LogP contribution >= 0.6 is 11.6 Å². The number of carbonyl (C=O) groups excluding carboxylic acids is 1. The smallest absolute Gasteiger partial charge is 0.251 e. The van der Waals surface area contributed by atoms with Gasteiger partial charge in [-0.2, -0.15) is 0 Å². The average Bonchev–Trinajstić information content (AvgIpc) is 3.26. The average molecular weight is 411 g/mol. The molecule has 3 aromatic rings. The monoisotopic (exact) mass is 410 g/mol. The number of fused-ring (bicyclic) bond motifs is 1. The van der Waals surface area contributed by atoms with E-state index in [9.17, 15) is 4.79 Å². The molecule has 0 aliphatic carbocycles. The molecule has 0 atom stereocenters. The highest BCUT2D eigenvalue weighted by atomic mass is 35.5. The van der Waals surface area contributed by atoms with Gasteiger partial charge < -0.3 is 19.8 Å². The molecule has 0 unspecified atom stereocenters. The topological polar surface area (TPSA) is 66.5 Å². The minimum Gasteiger partial charge on any atom is -0.454 e. The molecule has 1 aliphatic rings. The van der Waals surface area contributed by atoms with E-state index < -0.39 is 5.91 Å². The van der Waals surface area contributed by atoms with Gasteiger partial charge in [0.15, 0.2) is 11.5 Å². The van der Waals surface area contributed by atoms with E-state index in [1.165, 1.54) is 0 Å². The lowest BCUT2D eigenvalue weighted by atomic mass is 9.98. The highest BCUT2D eigenvalue weighted by Crippen LogP contribution is 2.38. The second-order valence-electron chi connectivity index (χ2n) is 7.15. The van der Waals surface area contributed by atoms with Gasteiger partial charge in [-0.3, -0.25) is 4.79 Å². The van der Waals surface area contributed by atoms with E-state index in [0.717, 1.165) is 52.4 Å². The number of amides is 1. The molecule has 1 amide bonds. The number of nitrogens with zero attached hydrogens (tertiary/aromatic N) is 1. The zero-order chi connectivity index (χ0) is 20.5. The van der Waals surface area contributed by atoms with Crippen molar-refractivity contribution < 1.29 is 14.3 Å². The van der Waals surface area contributed by atoms with E-state index >= 15 is 0 Å². The molecule has 1 aliphatic heterocycles. The molecule has 6 heteroatoms. The van der Waals surface area contributed by atoms with Gasteiger partial charge >= 0.3 is 0 Å². The van der Waals surface area contributed by atoms with Crippen LogP contribution in [0.25, 0.3) is 11.1 Å². The third-order valence-corrected chi connectivity index (χ3v) is 5.61. The molecule has 1 aromatic heterocycles. The summed E-state index contributed by atoms with van der Waals surface area (Å²) in [6, 6.07) is 13.5. The Morgan fingerprint density at radius 3 is 2.66 bits per heavy atom. The molecule has 0 saturated heterocycles. The van der Waals surface area contributed by atoms with E-state index in [0.29, 0.717) is 17.1 Å². The summed E-state index contributed by atoms with van der Waals surface area (Å²) in [4.78, 5) is 12.4. The lowest BCUT2D eigenvalue weighted by molar-refractivity contribution is 0.1000. The molecule has 0 spiro atoms. The van der Waals surface area contributed by atoms with E-state index in [1.807, 2.05) is 49.4 Å². The highest BCUT2D eigenvalue weighted by Gasteiger charge is 2.26. The maximum atomic E-state index is 12.4. The van der Waals surface area contributed by atoms with E-state index in [1.54, 1.807) is 0 Å². The Morgan fingerprint density at radius 2 is 1.93 bits per heavy atom. The van der Waals surface area contributed by atoms with Crippen molar-refractivity contribution in [1.29, 1.82) is 0 Å². The number of nitrogens with two attached hydrogens (primary N) is 1. The number of hydrogen-bond acceptors (Lipinski definition) is 3. The first kappa shape index (κ1) is 19.4. The third kappa shape index (κ3) is 3.47. The Bertz CT molecular complexity index is 1090. The molecule has 0 bridgehead atoms. The predicted molar refractivity (Wildman–Crippen MR) is 114 cm³/mol. The van der Waals surface area contributed by atoms with Crippen LogP contribution in [0.5, 0.6) is 11.5 Å². The Hall–Kier alpha value is -2.92. The van der Waals surface area contributed by atoms with Crippen molar-refractivity contribution in [2.45, 2.75) is 33.2 Å². The lowest BCUT2D eigenvalue weighted by Crippen LogP contribution is -2.13. The highest BCUT2D eigenvalue weighted by molar-refractivity contribution is 6.33. The summed E-state index contributed by atoms with van der Waals surface area (Å²) in [5.74, 6) is 1.05. The SMILES string of the molecule is CCCc1c(-c2ccccc2Cl)c(C(N)=O)c(C)n1Cc1ccc2c(c1)OCO2. The summed E-state index contributed by atoms with van der Waals surface area (Å²) in [5, 5.41) is 0.604. The van der Waals surface area contributed by atoms with Gasteiger partial charge in [0.2, 0.25) is 6.79 Å². The molecule has 4 rings (SSSR count). The minimum absolute atomic E-state index is 0.241. The molecular weight excluding hydrogens is 388 g/mol. The summed E-state index contributed by atoms with van der Waals surface area (Å²) in [7, 11) is 0. The first-order valence-corrected chi connectivity index (χ1v) is 10.0. The first-order chi connectivity index (χ1) is 14.0. The van der Waals surface area contributed by atoms with Gasteiger partial charge in [-0.1, -0.05) is 49.2 Å². The Morgan fingerprint density at radius 1 is 1.17 bits per heavy atom. The van der Waals surface area contributed by atoms with Gasteiger partial charge in [0.1, 0.15) is 0 Å². The van der Waals surface area contributed by atoms with E-state index in [4.69, 9.17) is 26.8 Å². The molecule has 0 fully saturated rings. The van der Waals surface area contributed by atoms with Crippen LogP contribution in [0, 0.1) is 6.92 Å². The van der Waals surface area contributed by atoms with Gasteiger partial charge in [0, 0.05) is 34.1 Å². The van der Waals surface area contributed by atoms with Crippen molar-refractivity contribution in [3.8, 4) is 22.6 Å². The second kappa shape index (κ2) is 7.84. The number of hydrogen-bond donors (Lipinski definition) is 1. The van der Waals surface area contributed by atoms with Gasteiger partial charge in [0.25, 0.3) is 5.91 Å². The minimum atomic E-state index is -0.445. The van der Waals surface area contributed by atoms with Gasteiger partial charge in [0.05, 0.1) is 5.56 Å². The normalized spacial score (nSPS) is 12.4. The van der Waals surface area contributed by atoms with Crippen molar-refractivity contribution in [2.24, 2.45) is 5.73 Å². The van der Waals surface area contributed by atoms with Crippen molar-refractivity contribution in [3.63, 3.8) is 0 Å². The van der Waals surface area contributed by atoms with Crippen LogP contribution in [0.4, 0.5) is 0 Å². The summed E-state index contributed by atoms with van der Waals surface area (Å²) in [6.45, 7) is 4.90. The Labute approximate surface area is 175 Å². The number of benzene rings is 2.